The molecule has 1 atom stereocenters. The summed E-state index contributed by atoms with van der Waals surface area (Å²) in [5.41, 5.74) is 1.59. The Morgan fingerprint density at radius 2 is 1.64 bits per heavy atom. The maximum atomic E-state index is 13.0. The Morgan fingerprint density at radius 1 is 1.00 bits per heavy atom. The molecule has 2 aromatic carbocycles. The van der Waals surface area contributed by atoms with Crippen molar-refractivity contribution in [3.05, 3.63) is 65.7 Å². The van der Waals surface area contributed by atoms with Crippen LogP contribution in [-0.4, -0.2) is 37.5 Å². The van der Waals surface area contributed by atoms with Crippen molar-refractivity contribution in [1.29, 1.82) is 0 Å². The predicted octanol–water partition coefficient (Wildman–Crippen LogP) is 4.73. The Labute approximate surface area is 197 Å². The zero-order chi connectivity index (χ0) is 23.8. The first-order valence-corrected chi connectivity index (χ1v) is 13.2. The molecule has 1 aliphatic rings. The molecular weight excluding hydrogens is 436 g/mol. The number of carbonyl (C=O) groups excluding carboxylic acids is 2. The number of nitrogens with zero attached hydrogens (tertiary/aromatic N) is 1. The maximum Gasteiger partial charge on any atom is 0.243 e. The Kier molecular flexibility index (Phi) is 8.80. The Morgan fingerprint density at radius 3 is 2.21 bits per heavy atom. The third-order valence-corrected chi connectivity index (χ3v) is 8.25. The van der Waals surface area contributed by atoms with Crippen LogP contribution in [-0.2, 0) is 14.8 Å². The molecule has 2 aromatic rings. The first-order valence-electron chi connectivity index (χ1n) is 11.8. The van der Waals surface area contributed by atoms with Crippen LogP contribution in [0.3, 0.4) is 0 Å². The lowest BCUT2D eigenvalue weighted by molar-refractivity contribution is -0.127. The zero-order valence-electron chi connectivity index (χ0n) is 19.5. The SMILES string of the molecule is CCCCCC(NC(=O)C1CCN(S(=O)(=O)c2ccc(C(C)=O)cc2)CC1)c1ccccc1. The molecule has 3 rings (SSSR count). The zero-order valence-corrected chi connectivity index (χ0v) is 20.3. The normalized spacial score (nSPS) is 16.3. The maximum absolute atomic E-state index is 13.0. The van der Waals surface area contributed by atoms with Crippen LogP contribution in [0.1, 0.15) is 74.3 Å². The first kappa shape index (κ1) is 25.1. The molecule has 6 nitrogen and oxygen atoms in total. The van der Waals surface area contributed by atoms with E-state index in [1.165, 1.54) is 35.5 Å². The number of hydrogen-bond acceptors (Lipinski definition) is 4. The quantitative estimate of drug-likeness (QED) is 0.402. The van der Waals surface area contributed by atoms with Crippen molar-refractivity contribution in [3.63, 3.8) is 0 Å². The van der Waals surface area contributed by atoms with E-state index in [1.54, 1.807) is 0 Å². The average Bonchev–Trinajstić information content (AvgIpc) is 2.84. The van der Waals surface area contributed by atoms with E-state index in [4.69, 9.17) is 0 Å². The summed E-state index contributed by atoms with van der Waals surface area (Å²) >= 11 is 0. The molecule has 7 heteroatoms. The molecule has 1 amide bonds. The average molecular weight is 471 g/mol. The number of ketones is 1. The summed E-state index contributed by atoms with van der Waals surface area (Å²) in [6, 6.07) is 16.0. The van der Waals surface area contributed by atoms with Gasteiger partial charge in [-0.15, -0.1) is 0 Å². The number of unbranched alkanes of at least 4 members (excludes halogenated alkanes) is 2. The summed E-state index contributed by atoms with van der Waals surface area (Å²) in [6.45, 7) is 4.22. The Bertz CT molecular complexity index is 1030. The van der Waals surface area contributed by atoms with Gasteiger partial charge in [-0.05, 0) is 43.9 Å². The van der Waals surface area contributed by atoms with Crippen molar-refractivity contribution in [2.75, 3.05) is 13.1 Å². The van der Waals surface area contributed by atoms with Gasteiger partial charge in [-0.2, -0.15) is 4.31 Å². The van der Waals surface area contributed by atoms with Crippen LogP contribution < -0.4 is 5.32 Å². The van der Waals surface area contributed by atoms with E-state index in [0.717, 1.165) is 31.2 Å². The van der Waals surface area contributed by atoms with E-state index in [-0.39, 0.29) is 28.5 Å². The third kappa shape index (κ3) is 6.51. The highest BCUT2D eigenvalue weighted by Gasteiger charge is 2.32. The van der Waals surface area contributed by atoms with E-state index in [1.807, 2.05) is 30.3 Å². The molecule has 0 radical (unpaired) electrons. The minimum absolute atomic E-state index is 0.00297. The van der Waals surface area contributed by atoms with Crippen molar-refractivity contribution in [3.8, 4) is 0 Å². The predicted molar refractivity (Wildman–Crippen MR) is 129 cm³/mol. The molecule has 0 aliphatic carbocycles. The second-order valence-electron chi connectivity index (χ2n) is 8.73. The molecule has 33 heavy (non-hydrogen) atoms. The Balaban J connectivity index is 1.60. The summed E-state index contributed by atoms with van der Waals surface area (Å²) < 4.78 is 27.4. The number of amides is 1. The molecule has 1 fully saturated rings. The van der Waals surface area contributed by atoms with E-state index >= 15 is 0 Å². The minimum Gasteiger partial charge on any atom is -0.349 e. The largest absolute Gasteiger partial charge is 0.349 e. The lowest BCUT2D eigenvalue weighted by Gasteiger charge is -2.31. The van der Waals surface area contributed by atoms with Gasteiger partial charge < -0.3 is 5.32 Å². The fourth-order valence-corrected chi connectivity index (χ4v) is 5.73. The van der Waals surface area contributed by atoms with E-state index in [2.05, 4.69) is 12.2 Å². The summed E-state index contributed by atoms with van der Waals surface area (Å²) in [5.74, 6) is -0.300. The van der Waals surface area contributed by atoms with Crippen LogP contribution in [0.4, 0.5) is 0 Å². The molecular formula is C26H34N2O4S. The van der Waals surface area contributed by atoms with Gasteiger partial charge in [-0.25, -0.2) is 8.42 Å². The van der Waals surface area contributed by atoms with Gasteiger partial charge in [0.1, 0.15) is 0 Å². The van der Waals surface area contributed by atoms with Crippen LogP contribution in [0, 0.1) is 5.92 Å². The van der Waals surface area contributed by atoms with Gasteiger partial charge in [0.05, 0.1) is 10.9 Å². The monoisotopic (exact) mass is 470 g/mol. The lowest BCUT2D eigenvalue weighted by atomic mass is 9.95. The molecule has 0 saturated carbocycles. The summed E-state index contributed by atoms with van der Waals surface area (Å²) in [5, 5.41) is 3.23. The lowest BCUT2D eigenvalue weighted by Crippen LogP contribution is -2.43. The van der Waals surface area contributed by atoms with E-state index in [0.29, 0.717) is 31.5 Å². The van der Waals surface area contributed by atoms with Crippen molar-refractivity contribution >= 4 is 21.7 Å². The molecule has 1 N–H and O–H groups in total. The fourth-order valence-electron chi connectivity index (χ4n) is 4.26. The molecule has 0 spiro atoms. The standard InChI is InChI=1S/C26H34N2O4S/c1-3-4-6-11-25(22-9-7-5-8-10-22)27-26(30)23-16-18-28(19-17-23)33(31,32)24-14-12-21(13-15-24)20(2)29/h5,7-10,12-15,23,25H,3-4,6,11,16-19H2,1-2H3,(H,27,30). The summed E-state index contributed by atoms with van der Waals surface area (Å²) in [6.07, 6.45) is 5.19. The number of rotatable bonds is 10. The number of Topliss-reactive ketones (excluding diaryl/α,β-unsaturated/α-hetero) is 1. The smallest absolute Gasteiger partial charge is 0.243 e. The highest BCUT2D eigenvalue weighted by molar-refractivity contribution is 7.89. The number of hydrogen-bond donors (Lipinski definition) is 1. The Hall–Kier alpha value is -2.51. The van der Waals surface area contributed by atoms with Crippen LogP contribution in [0.15, 0.2) is 59.5 Å². The molecule has 1 aliphatic heterocycles. The van der Waals surface area contributed by atoms with E-state index < -0.39 is 10.0 Å². The van der Waals surface area contributed by atoms with Gasteiger partial charge in [-0.1, -0.05) is 68.7 Å². The van der Waals surface area contributed by atoms with Gasteiger partial charge in [-0.3, -0.25) is 9.59 Å². The highest BCUT2D eigenvalue weighted by Crippen LogP contribution is 2.26. The number of nitrogens with one attached hydrogen (secondary N) is 1. The minimum atomic E-state index is -3.64. The summed E-state index contributed by atoms with van der Waals surface area (Å²) in [4.78, 5) is 24.7. The topological polar surface area (TPSA) is 83.6 Å². The molecule has 0 bridgehead atoms. The van der Waals surface area contributed by atoms with Crippen molar-refractivity contribution in [2.24, 2.45) is 5.92 Å². The van der Waals surface area contributed by atoms with Gasteiger partial charge in [0.25, 0.3) is 0 Å². The van der Waals surface area contributed by atoms with Crippen LogP contribution in [0.2, 0.25) is 0 Å². The molecule has 1 heterocycles. The van der Waals surface area contributed by atoms with Gasteiger partial charge in [0, 0.05) is 24.6 Å². The van der Waals surface area contributed by atoms with Crippen molar-refractivity contribution < 1.29 is 18.0 Å². The molecule has 1 unspecified atom stereocenters. The number of carbonyl (C=O) groups is 2. The van der Waals surface area contributed by atoms with Crippen LogP contribution >= 0.6 is 0 Å². The van der Waals surface area contributed by atoms with Crippen LogP contribution in [0.25, 0.3) is 0 Å². The highest BCUT2D eigenvalue weighted by atomic mass is 32.2. The second-order valence-corrected chi connectivity index (χ2v) is 10.7. The molecule has 0 aromatic heterocycles. The third-order valence-electron chi connectivity index (χ3n) is 6.34. The molecule has 1 saturated heterocycles. The number of sulfonamides is 1. The number of piperidine rings is 1. The fraction of sp³-hybridized carbons (Fsp3) is 0.462. The van der Waals surface area contributed by atoms with Crippen molar-refractivity contribution in [2.45, 2.75) is 63.3 Å². The van der Waals surface area contributed by atoms with Gasteiger partial charge >= 0.3 is 0 Å². The summed E-state index contributed by atoms with van der Waals surface area (Å²) in [7, 11) is -3.64. The second kappa shape index (κ2) is 11.6. The van der Waals surface area contributed by atoms with Crippen molar-refractivity contribution in [1.82, 2.24) is 9.62 Å². The van der Waals surface area contributed by atoms with Gasteiger partial charge in [0.15, 0.2) is 5.78 Å². The van der Waals surface area contributed by atoms with Gasteiger partial charge in [0.2, 0.25) is 15.9 Å². The first-order chi connectivity index (χ1) is 15.8. The number of benzene rings is 2. The molecule has 178 valence electrons. The van der Waals surface area contributed by atoms with Crippen LogP contribution in [0.5, 0.6) is 0 Å². The van der Waals surface area contributed by atoms with E-state index in [9.17, 15) is 18.0 Å².